The third-order valence-corrected chi connectivity index (χ3v) is 8.77. The van der Waals surface area contributed by atoms with Crippen molar-refractivity contribution in [1.29, 1.82) is 0 Å². The van der Waals surface area contributed by atoms with E-state index in [2.05, 4.69) is 26.9 Å². The van der Waals surface area contributed by atoms with Gasteiger partial charge in [-0.15, -0.1) is 0 Å². The van der Waals surface area contributed by atoms with Gasteiger partial charge in [0.15, 0.2) is 5.82 Å². The number of pyridine rings is 3. The molecule has 2 fully saturated rings. The Labute approximate surface area is 247 Å². The second-order valence-corrected chi connectivity index (χ2v) is 12.0. The van der Waals surface area contributed by atoms with Crippen molar-refractivity contribution < 1.29 is 13.5 Å². The van der Waals surface area contributed by atoms with Crippen LogP contribution in [0.15, 0.2) is 47.7 Å². The van der Waals surface area contributed by atoms with Crippen LogP contribution in [0.5, 0.6) is 5.75 Å². The molecule has 8 nitrogen and oxygen atoms in total. The van der Waals surface area contributed by atoms with E-state index < -0.39 is 17.2 Å². The van der Waals surface area contributed by atoms with E-state index in [1.807, 2.05) is 19.1 Å². The summed E-state index contributed by atoms with van der Waals surface area (Å²) in [6, 6.07) is 5.98. The first kappa shape index (κ1) is 28.4. The Bertz CT molecular complexity index is 1710. The van der Waals surface area contributed by atoms with E-state index in [9.17, 15) is 13.6 Å². The number of aryl methyl sites for hydroxylation is 2. The second-order valence-electron chi connectivity index (χ2n) is 11.6. The van der Waals surface area contributed by atoms with Crippen molar-refractivity contribution in [2.75, 3.05) is 20.1 Å². The Balaban J connectivity index is 1.26. The predicted octanol–water partition coefficient (Wildman–Crippen LogP) is 5.80. The fraction of sp³-hybridized carbons (Fsp3) is 0.387. The summed E-state index contributed by atoms with van der Waals surface area (Å²) in [5, 5.41) is -0.169. The van der Waals surface area contributed by atoms with E-state index in [1.54, 1.807) is 25.4 Å². The molecule has 1 spiro atoms. The molecule has 0 N–H and O–H groups in total. The Hall–Kier alpha value is -3.76. The lowest BCUT2D eigenvalue weighted by Crippen LogP contribution is -2.55. The summed E-state index contributed by atoms with van der Waals surface area (Å²) in [6.45, 7) is 5.65. The van der Waals surface area contributed by atoms with Crippen LogP contribution in [0.4, 0.5) is 8.78 Å². The summed E-state index contributed by atoms with van der Waals surface area (Å²) in [5.74, 6) is -0.397. The number of aromatic nitrogens is 5. The zero-order valence-corrected chi connectivity index (χ0v) is 24.5. The number of hydrogen-bond acceptors (Lipinski definition) is 7. The first-order valence-electron chi connectivity index (χ1n) is 14.0. The van der Waals surface area contributed by atoms with Gasteiger partial charge >= 0.3 is 0 Å². The standard InChI is InChI=1S/C31H31ClF2N6O2/c1-18-13-36-24(23-6-9-35-29(38-23)20-4-7-31(8-5-20)16-39(3)17-31)12-26(18)40-19(2)10-27(28(32)30(40)41)42-15-25-22(34)11-21(33)14-37-25/h6,9-14,20H,4-5,7-8,15-17H2,1-3H3. The minimum atomic E-state index is -0.845. The molecule has 0 radical (unpaired) electrons. The normalized spacial score (nSPS) is 16.9. The third-order valence-electron chi connectivity index (χ3n) is 8.42. The first-order valence-corrected chi connectivity index (χ1v) is 14.3. The molecule has 0 unspecified atom stereocenters. The monoisotopic (exact) mass is 592 g/mol. The Morgan fingerprint density at radius 1 is 1.05 bits per heavy atom. The minimum absolute atomic E-state index is 0.0797. The molecule has 1 aliphatic carbocycles. The smallest absolute Gasteiger partial charge is 0.277 e. The predicted molar refractivity (Wildman–Crippen MR) is 155 cm³/mol. The molecule has 218 valence electrons. The van der Waals surface area contributed by atoms with Gasteiger partial charge < -0.3 is 9.64 Å². The summed E-state index contributed by atoms with van der Waals surface area (Å²) >= 11 is 6.44. The molecule has 0 amide bonds. The third kappa shape index (κ3) is 5.41. The average molecular weight is 593 g/mol. The number of hydrogen-bond donors (Lipinski definition) is 0. The molecule has 0 bridgehead atoms. The molecule has 1 saturated carbocycles. The topological polar surface area (TPSA) is 86.0 Å². The van der Waals surface area contributed by atoms with E-state index in [0.29, 0.717) is 34.1 Å². The van der Waals surface area contributed by atoms with Gasteiger partial charge in [0, 0.05) is 49.2 Å². The van der Waals surface area contributed by atoms with Crippen molar-refractivity contribution in [3.05, 3.63) is 92.6 Å². The molecule has 6 rings (SSSR count). The molecule has 2 aliphatic rings. The number of rotatable bonds is 6. The molecular formula is C31H31ClF2N6O2. The first-order chi connectivity index (χ1) is 20.1. The van der Waals surface area contributed by atoms with E-state index >= 15 is 0 Å². The van der Waals surface area contributed by atoms with Gasteiger partial charge in [0.2, 0.25) is 0 Å². The highest BCUT2D eigenvalue weighted by Crippen LogP contribution is 2.47. The summed E-state index contributed by atoms with van der Waals surface area (Å²) in [5.41, 5.74) is 3.10. The molecule has 11 heteroatoms. The van der Waals surface area contributed by atoms with E-state index in [0.717, 1.165) is 36.5 Å². The SMILES string of the molecule is Cc1cnc(-c2ccnc(C3CCC4(CC3)CN(C)C4)n2)cc1-n1c(C)cc(OCc2ncc(F)cc2F)c(Cl)c1=O. The van der Waals surface area contributed by atoms with Gasteiger partial charge in [-0.1, -0.05) is 11.6 Å². The summed E-state index contributed by atoms with van der Waals surface area (Å²) in [6.07, 6.45) is 8.93. The fourth-order valence-electron chi connectivity index (χ4n) is 6.29. The summed E-state index contributed by atoms with van der Waals surface area (Å²) in [7, 11) is 2.18. The van der Waals surface area contributed by atoms with Crippen molar-refractivity contribution in [3.8, 4) is 22.8 Å². The highest BCUT2D eigenvalue weighted by atomic mass is 35.5. The lowest BCUT2D eigenvalue weighted by molar-refractivity contribution is -0.0143. The largest absolute Gasteiger partial charge is 0.485 e. The van der Waals surface area contributed by atoms with Crippen molar-refractivity contribution in [3.63, 3.8) is 0 Å². The summed E-state index contributed by atoms with van der Waals surface area (Å²) in [4.78, 5) is 33.7. The fourth-order valence-corrected chi connectivity index (χ4v) is 6.49. The van der Waals surface area contributed by atoms with E-state index in [4.69, 9.17) is 21.3 Å². The van der Waals surface area contributed by atoms with Crippen molar-refractivity contribution >= 4 is 11.6 Å². The van der Waals surface area contributed by atoms with Gasteiger partial charge in [0.25, 0.3) is 5.56 Å². The highest BCUT2D eigenvalue weighted by Gasteiger charge is 2.44. The van der Waals surface area contributed by atoms with Gasteiger partial charge in [0.1, 0.15) is 34.7 Å². The van der Waals surface area contributed by atoms with Gasteiger partial charge in [-0.3, -0.25) is 19.3 Å². The lowest BCUT2D eigenvalue weighted by atomic mass is 9.66. The van der Waals surface area contributed by atoms with Crippen LogP contribution >= 0.6 is 11.6 Å². The van der Waals surface area contributed by atoms with Crippen LogP contribution in [0.25, 0.3) is 17.1 Å². The minimum Gasteiger partial charge on any atom is -0.485 e. The number of ether oxygens (including phenoxy) is 1. The van der Waals surface area contributed by atoms with Gasteiger partial charge in [-0.05, 0) is 69.7 Å². The highest BCUT2D eigenvalue weighted by molar-refractivity contribution is 6.31. The number of halogens is 3. The van der Waals surface area contributed by atoms with Crippen molar-refractivity contribution in [2.24, 2.45) is 5.41 Å². The zero-order valence-electron chi connectivity index (χ0n) is 23.7. The van der Waals surface area contributed by atoms with Crippen LogP contribution in [0.3, 0.4) is 0 Å². The van der Waals surface area contributed by atoms with E-state index in [1.165, 1.54) is 30.5 Å². The van der Waals surface area contributed by atoms with Crippen molar-refractivity contribution in [2.45, 2.75) is 52.1 Å². The quantitative estimate of drug-likeness (QED) is 0.280. The van der Waals surface area contributed by atoms with Crippen LogP contribution in [0.1, 0.15) is 54.4 Å². The lowest BCUT2D eigenvalue weighted by Gasteiger charge is -2.52. The summed E-state index contributed by atoms with van der Waals surface area (Å²) < 4.78 is 34.3. The van der Waals surface area contributed by atoms with Crippen LogP contribution in [0.2, 0.25) is 5.02 Å². The molecule has 1 aliphatic heterocycles. The zero-order chi connectivity index (χ0) is 29.6. The van der Waals surface area contributed by atoms with Gasteiger partial charge in [0.05, 0.1) is 23.3 Å². The van der Waals surface area contributed by atoms with Crippen LogP contribution < -0.4 is 10.3 Å². The molecule has 0 atom stereocenters. The molecule has 1 saturated heterocycles. The van der Waals surface area contributed by atoms with Crippen LogP contribution in [-0.2, 0) is 6.61 Å². The van der Waals surface area contributed by atoms with E-state index in [-0.39, 0.29) is 23.1 Å². The Kier molecular flexibility index (Phi) is 7.53. The van der Waals surface area contributed by atoms with Gasteiger partial charge in [-0.25, -0.2) is 18.7 Å². The van der Waals surface area contributed by atoms with Crippen LogP contribution in [-0.4, -0.2) is 49.5 Å². The average Bonchev–Trinajstić information content (AvgIpc) is 2.96. The molecular weight excluding hydrogens is 562 g/mol. The van der Waals surface area contributed by atoms with Gasteiger partial charge in [-0.2, -0.15) is 0 Å². The van der Waals surface area contributed by atoms with Crippen molar-refractivity contribution in [1.82, 2.24) is 29.4 Å². The Morgan fingerprint density at radius 2 is 1.81 bits per heavy atom. The molecule has 4 aromatic heterocycles. The molecule has 0 aromatic carbocycles. The number of likely N-dealkylation sites (tertiary alicyclic amines) is 1. The maximum atomic E-state index is 14.0. The number of nitrogens with zero attached hydrogens (tertiary/aromatic N) is 6. The maximum Gasteiger partial charge on any atom is 0.277 e. The van der Waals surface area contributed by atoms with Crippen LogP contribution in [0, 0.1) is 30.9 Å². The molecule has 42 heavy (non-hydrogen) atoms. The molecule has 5 heterocycles. The Morgan fingerprint density at radius 3 is 2.52 bits per heavy atom. The molecule has 4 aromatic rings. The maximum absolute atomic E-state index is 14.0. The second kappa shape index (κ2) is 11.1.